The summed E-state index contributed by atoms with van der Waals surface area (Å²) in [7, 11) is -0.290. The van der Waals surface area contributed by atoms with Crippen molar-refractivity contribution in [3.8, 4) is 5.75 Å². The lowest BCUT2D eigenvalue weighted by Gasteiger charge is -2.33. The molecule has 0 aliphatic carbocycles. The second-order valence-corrected chi connectivity index (χ2v) is 9.57. The second kappa shape index (κ2) is 9.15. The van der Waals surface area contributed by atoms with Crippen molar-refractivity contribution in [2.75, 3.05) is 27.2 Å². The molecule has 1 amide bonds. The van der Waals surface area contributed by atoms with Gasteiger partial charge in [0.15, 0.2) is 0 Å². The number of ether oxygens (including phenoxy) is 1. The molecule has 2 aromatic rings. The van der Waals surface area contributed by atoms with Crippen molar-refractivity contribution < 1.29 is 17.9 Å². The van der Waals surface area contributed by atoms with E-state index >= 15 is 0 Å². The van der Waals surface area contributed by atoms with Crippen LogP contribution in [0.2, 0.25) is 5.02 Å². The average Bonchev–Trinajstić information content (AvgIpc) is 2.74. The summed E-state index contributed by atoms with van der Waals surface area (Å²) in [6.45, 7) is 1.07. The highest BCUT2D eigenvalue weighted by atomic mass is 35.5. The Labute approximate surface area is 177 Å². The van der Waals surface area contributed by atoms with Gasteiger partial charge in [0, 0.05) is 31.7 Å². The molecule has 1 heterocycles. The zero-order valence-electron chi connectivity index (χ0n) is 16.5. The van der Waals surface area contributed by atoms with Crippen LogP contribution in [-0.4, -0.2) is 50.8 Å². The van der Waals surface area contributed by atoms with Crippen LogP contribution in [0.15, 0.2) is 53.4 Å². The quantitative estimate of drug-likeness (QED) is 0.696. The molecule has 0 unspecified atom stereocenters. The molecule has 1 atom stereocenters. The molecule has 0 bridgehead atoms. The molecule has 6 nitrogen and oxygen atoms in total. The van der Waals surface area contributed by atoms with E-state index in [0.29, 0.717) is 31.0 Å². The maximum Gasteiger partial charge on any atom is 0.243 e. The summed E-state index contributed by atoms with van der Waals surface area (Å²) >= 11 is 5.86. The third-order valence-electron chi connectivity index (χ3n) is 5.14. The first-order valence-electron chi connectivity index (χ1n) is 9.45. The maximum absolute atomic E-state index is 12.9. The first-order valence-corrected chi connectivity index (χ1v) is 11.3. The Morgan fingerprint density at radius 2 is 1.83 bits per heavy atom. The van der Waals surface area contributed by atoms with Gasteiger partial charge in [0.25, 0.3) is 0 Å². The van der Waals surface area contributed by atoms with Crippen LogP contribution in [0.5, 0.6) is 5.75 Å². The zero-order chi connectivity index (χ0) is 21.0. The molecular weight excluding hydrogens is 412 g/mol. The highest BCUT2D eigenvalue weighted by Crippen LogP contribution is 2.26. The molecule has 1 saturated heterocycles. The molecule has 0 N–H and O–H groups in total. The summed E-state index contributed by atoms with van der Waals surface area (Å²) in [5.41, 5.74) is 0.989. The third-order valence-corrected chi connectivity index (χ3v) is 7.27. The molecule has 1 fully saturated rings. The van der Waals surface area contributed by atoms with Crippen molar-refractivity contribution in [3.63, 3.8) is 0 Å². The summed E-state index contributed by atoms with van der Waals surface area (Å²) < 4.78 is 32.4. The minimum absolute atomic E-state index is 0.0446. The van der Waals surface area contributed by atoms with Crippen molar-refractivity contribution in [2.24, 2.45) is 5.92 Å². The van der Waals surface area contributed by atoms with Crippen molar-refractivity contribution in [3.05, 3.63) is 59.1 Å². The Bertz CT molecular complexity index is 946. The van der Waals surface area contributed by atoms with Crippen molar-refractivity contribution in [1.29, 1.82) is 0 Å². The lowest BCUT2D eigenvalue weighted by Crippen LogP contribution is -2.45. The van der Waals surface area contributed by atoms with Gasteiger partial charge in [0.2, 0.25) is 15.9 Å². The molecule has 0 saturated carbocycles. The highest BCUT2D eigenvalue weighted by Gasteiger charge is 2.34. The van der Waals surface area contributed by atoms with Gasteiger partial charge < -0.3 is 9.64 Å². The van der Waals surface area contributed by atoms with E-state index in [9.17, 15) is 13.2 Å². The van der Waals surface area contributed by atoms with E-state index in [0.717, 1.165) is 11.3 Å². The van der Waals surface area contributed by atoms with E-state index in [1.807, 2.05) is 24.3 Å². The lowest BCUT2D eigenvalue weighted by atomic mass is 9.98. The lowest BCUT2D eigenvalue weighted by molar-refractivity contribution is -0.135. The summed E-state index contributed by atoms with van der Waals surface area (Å²) in [4.78, 5) is 14.8. The van der Waals surface area contributed by atoms with Crippen molar-refractivity contribution in [1.82, 2.24) is 9.21 Å². The smallest absolute Gasteiger partial charge is 0.243 e. The Morgan fingerprint density at radius 3 is 2.45 bits per heavy atom. The number of piperidine rings is 1. The zero-order valence-corrected chi connectivity index (χ0v) is 18.1. The Balaban J connectivity index is 1.67. The van der Waals surface area contributed by atoms with Gasteiger partial charge in [0.1, 0.15) is 5.75 Å². The van der Waals surface area contributed by atoms with E-state index < -0.39 is 10.0 Å². The predicted molar refractivity (Wildman–Crippen MR) is 112 cm³/mol. The number of nitrogens with zero attached hydrogens (tertiary/aromatic N) is 2. The summed E-state index contributed by atoms with van der Waals surface area (Å²) in [6.07, 6.45) is 1.33. The Hall–Kier alpha value is -2.09. The first-order chi connectivity index (χ1) is 13.8. The SMILES string of the molecule is COc1ccc(CN(C)C(=O)[C@@H]2CCCN(S(=O)(=O)c3ccc(Cl)cc3)C2)cc1. The fourth-order valence-electron chi connectivity index (χ4n) is 3.51. The van der Waals surface area contributed by atoms with Gasteiger partial charge in [-0.25, -0.2) is 8.42 Å². The van der Waals surface area contributed by atoms with Gasteiger partial charge >= 0.3 is 0 Å². The van der Waals surface area contributed by atoms with E-state index in [1.54, 1.807) is 31.2 Å². The van der Waals surface area contributed by atoms with Gasteiger partial charge in [0.05, 0.1) is 17.9 Å². The molecule has 2 aromatic carbocycles. The number of carbonyl (C=O) groups is 1. The van der Waals surface area contributed by atoms with Crippen LogP contribution in [0.4, 0.5) is 0 Å². The number of amides is 1. The van der Waals surface area contributed by atoms with Crippen LogP contribution in [0, 0.1) is 5.92 Å². The molecule has 1 aliphatic rings. The number of benzene rings is 2. The molecule has 29 heavy (non-hydrogen) atoms. The molecule has 156 valence electrons. The van der Waals surface area contributed by atoms with E-state index in [4.69, 9.17) is 16.3 Å². The number of carbonyl (C=O) groups excluding carboxylic acids is 1. The van der Waals surface area contributed by atoms with Gasteiger partial charge in [-0.15, -0.1) is 0 Å². The molecule has 0 aromatic heterocycles. The molecular formula is C21H25ClN2O4S. The van der Waals surface area contributed by atoms with Crippen LogP contribution in [0.3, 0.4) is 0 Å². The second-order valence-electron chi connectivity index (χ2n) is 7.20. The number of sulfonamides is 1. The normalized spacial score (nSPS) is 17.7. The predicted octanol–water partition coefficient (Wildman–Crippen LogP) is 3.41. The van der Waals surface area contributed by atoms with Crippen LogP contribution in [0.1, 0.15) is 18.4 Å². The van der Waals surface area contributed by atoms with E-state index in [-0.39, 0.29) is 23.3 Å². The summed E-state index contributed by atoms with van der Waals surface area (Å²) in [5.74, 6) is 0.365. The van der Waals surface area contributed by atoms with Gasteiger partial charge in [-0.1, -0.05) is 23.7 Å². The fourth-order valence-corrected chi connectivity index (χ4v) is 5.16. The minimum Gasteiger partial charge on any atom is -0.497 e. The fraction of sp³-hybridized carbons (Fsp3) is 0.381. The van der Waals surface area contributed by atoms with Crippen LogP contribution in [-0.2, 0) is 21.4 Å². The number of methoxy groups -OCH3 is 1. The minimum atomic E-state index is -3.65. The molecule has 0 spiro atoms. The van der Waals surface area contributed by atoms with Crippen LogP contribution in [0.25, 0.3) is 0 Å². The Kier molecular flexibility index (Phi) is 6.82. The van der Waals surface area contributed by atoms with E-state index in [1.165, 1.54) is 16.4 Å². The summed E-state index contributed by atoms with van der Waals surface area (Å²) in [5, 5.41) is 0.482. The molecule has 8 heteroatoms. The van der Waals surface area contributed by atoms with Crippen LogP contribution >= 0.6 is 11.6 Å². The molecule has 0 radical (unpaired) electrons. The standard InChI is InChI=1S/C21H25ClN2O4S/c1-23(14-16-5-9-19(28-2)10-6-16)21(25)17-4-3-13-24(15-17)29(26,27)20-11-7-18(22)8-12-20/h5-12,17H,3-4,13-15H2,1-2H3/t17-/m1/s1. The van der Waals surface area contributed by atoms with Crippen molar-refractivity contribution in [2.45, 2.75) is 24.3 Å². The number of rotatable bonds is 6. The van der Waals surface area contributed by atoms with Crippen molar-refractivity contribution >= 4 is 27.5 Å². The molecule has 1 aliphatic heterocycles. The van der Waals surface area contributed by atoms with E-state index in [2.05, 4.69) is 0 Å². The first kappa shape index (κ1) is 21.6. The average molecular weight is 437 g/mol. The van der Waals surface area contributed by atoms with Crippen LogP contribution < -0.4 is 4.74 Å². The third kappa shape index (κ3) is 5.10. The number of hydrogen-bond acceptors (Lipinski definition) is 4. The van der Waals surface area contributed by atoms with Gasteiger partial charge in [-0.05, 0) is 54.8 Å². The topological polar surface area (TPSA) is 66.9 Å². The largest absolute Gasteiger partial charge is 0.497 e. The number of halogens is 1. The molecule has 3 rings (SSSR count). The van der Waals surface area contributed by atoms with Gasteiger partial charge in [-0.2, -0.15) is 4.31 Å². The highest BCUT2D eigenvalue weighted by molar-refractivity contribution is 7.89. The Morgan fingerprint density at radius 1 is 1.17 bits per heavy atom. The summed E-state index contributed by atoms with van der Waals surface area (Å²) in [6, 6.07) is 13.7. The maximum atomic E-state index is 12.9. The van der Waals surface area contributed by atoms with Gasteiger partial charge in [-0.3, -0.25) is 4.79 Å². The number of hydrogen-bond donors (Lipinski definition) is 0. The monoisotopic (exact) mass is 436 g/mol.